The van der Waals surface area contributed by atoms with E-state index in [2.05, 4.69) is 15.9 Å². The summed E-state index contributed by atoms with van der Waals surface area (Å²) in [6.07, 6.45) is 3.10. The SMILES string of the molecule is CCS(=O)(=O)c1ccc(O[C@H]2CC[C@@](C)(O)CC2)c(Br)c1. The highest BCUT2D eigenvalue weighted by Crippen LogP contribution is 2.34. The molecule has 118 valence electrons. The molecule has 1 fully saturated rings. The molecule has 0 aliphatic heterocycles. The molecule has 0 bridgehead atoms. The molecule has 1 N–H and O–H groups in total. The third kappa shape index (κ3) is 4.20. The number of sulfone groups is 1. The Morgan fingerprint density at radius 3 is 2.52 bits per heavy atom. The average molecular weight is 377 g/mol. The van der Waals surface area contributed by atoms with Gasteiger partial charge in [-0.1, -0.05) is 6.92 Å². The van der Waals surface area contributed by atoms with Gasteiger partial charge >= 0.3 is 0 Å². The van der Waals surface area contributed by atoms with Gasteiger partial charge in [-0.15, -0.1) is 0 Å². The Morgan fingerprint density at radius 1 is 1.38 bits per heavy atom. The number of benzene rings is 1. The van der Waals surface area contributed by atoms with Gasteiger partial charge in [-0.2, -0.15) is 0 Å². The number of hydrogen-bond donors (Lipinski definition) is 1. The summed E-state index contributed by atoms with van der Waals surface area (Å²) < 4.78 is 30.2. The van der Waals surface area contributed by atoms with Gasteiger partial charge in [-0.25, -0.2) is 8.42 Å². The van der Waals surface area contributed by atoms with E-state index in [1.165, 1.54) is 0 Å². The Kier molecular flexibility index (Phi) is 5.00. The smallest absolute Gasteiger partial charge is 0.178 e. The zero-order valence-corrected chi connectivity index (χ0v) is 14.7. The van der Waals surface area contributed by atoms with Gasteiger partial charge in [0.25, 0.3) is 0 Å². The van der Waals surface area contributed by atoms with Crippen LogP contribution in [-0.4, -0.2) is 31.0 Å². The molecule has 1 aliphatic rings. The minimum Gasteiger partial charge on any atom is -0.489 e. The van der Waals surface area contributed by atoms with Gasteiger partial charge in [0, 0.05) is 0 Å². The van der Waals surface area contributed by atoms with Crippen LogP contribution in [0.15, 0.2) is 27.6 Å². The van der Waals surface area contributed by atoms with Crippen LogP contribution in [0.4, 0.5) is 0 Å². The van der Waals surface area contributed by atoms with Crippen LogP contribution in [0.1, 0.15) is 39.5 Å². The molecule has 0 amide bonds. The second kappa shape index (κ2) is 6.26. The van der Waals surface area contributed by atoms with Crippen molar-refractivity contribution in [3.8, 4) is 5.75 Å². The Labute approximate surface area is 134 Å². The van der Waals surface area contributed by atoms with Crippen molar-refractivity contribution in [1.29, 1.82) is 0 Å². The predicted octanol–water partition coefficient (Wildman–Crippen LogP) is 3.32. The highest BCUT2D eigenvalue weighted by molar-refractivity contribution is 9.10. The number of aliphatic hydroxyl groups is 1. The lowest BCUT2D eigenvalue weighted by atomic mass is 9.85. The van der Waals surface area contributed by atoms with Gasteiger partial charge < -0.3 is 9.84 Å². The first-order valence-corrected chi connectivity index (χ1v) is 9.59. The molecule has 21 heavy (non-hydrogen) atoms. The average Bonchev–Trinajstić information content (AvgIpc) is 2.43. The van der Waals surface area contributed by atoms with Gasteiger partial charge in [-0.3, -0.25) is 0 Å². The normalized spacial score (nSPS) is 26.6. The van der Waals surface area contributed by atoms with Crippen molar-refractivity contribution >= 4 is 25.8 Å². The van der Waals surface area contributed by atoms with Crippen molar-refractivity contribution in [2.45, 2.75) is 56.1 Å². The van der Waals surface area contributed by atoms with Crippen molar-refractivity contribution in [2.24, 2.45) is 0 Å². The number of rotatable bonds is 4. The fourth-order valence-electron chi connectivity index (χ4n) is 2.45. The van der Waals surface area contributed by atoms with Crippen molar-refractivity contribution in [3.05, 3.63) is 22.7 Å². The van der Waals surface area contributed by atoms with Crippen LogP contribution in [0.2, 0.25) is 0 Å². The van der Waals surface area contributed by atoms with E-state index < -0.39 is 15.4 Å². The van der Waals surface area contributed by atoms with Crippen LogP contribution in [0.25, 0.3) is 0 Å². The molecule has 6 heteroatoms. The topological polar surface area (TPSA) is 63.6 Å². The lowest BCUT2D eigenvalue weighted by Crippen LogP contribution is -2.34. The number of hydrogen-bond acceptors (Lipinski definition) is 4. The van der Waals surface area contributed by atoms with Gasteiger partial charge in [0.1, 0.15) is 5.75 Å². The zero-order valence-electron chi connectivity index (χ0n) is 12.3. The summed E-state index contributed by atoms with van der Waals surface area (Å²) in [6, 6.07) is 4.87. The minimum absolute atomic E-state index is 0.0650. The highest BCUT2D eigenvalue weighted by atomic mass is 79.9. The Balaban J connectivity index is 2.09. The fraction of sp³-hybridized carbons (Fsp3) is 0.600. The van der Waals surface area contributed by atoms with E-state index >= 15 is 0 Å². The molecule has 0 saturated heterocycles. The predicted molar refractivity (Wildman–Crippen MR) is 85.4 cm³/mol. The van der Waals surface area contributed by atoms with Crippen molar-refractivity contribution < 1.29 is 18.3 Å². The molecule has 4 nitrogen and oxygen atoms in total. The lowest BCUT2D eigenvalue weighted by molar-refractivity contribution is -0.0110. The molecule has 0 atom stereocenters. The van der Waals surface area contributed by atoms with E-state index in [4.69, 9.17) is 4.74 Å². The summed E-state index contributed by atoms with van der Waals surface area (Å²) in [5, 5.41) is 9.93. The molecule has 1 aromatic carbocycles. The highest BCUT2D eigenvalue weighted by Gasteiger charge is 2.30. The summed E-state index contributed by atoms with van der Waals surface area (Å²) in [4.78, 5) is 0.302. The van der Waals surface area contributed by atoms with E-state index in [0.717, 1.165) is 25.7 Å². The maximum Gasteiger partial charge on any atom is 0.178 e. The van der Waals surface area contributed by atoms with Crippen LogP contribution >= 0.6 is 15.9 Å². The molecule has 1 aromatic rings. The van der Waals surface area contributed by atoms with E-state index in [1.807, 2.05) is 6.92 Å². The Morgan fingerprint density at radius 2 is 2.00 bits per heavy atom. The molecule has 0 aromatic heterocycles. The van der Waals surface area contributed by atoms with E-state index in [-0.39, 0.29) is 11.9 Å². The molecule has 0 heterocycles. The molecular weight excluding hydrogens is 356 g/mol. The largest absolute Gasteiger partial charge is 0.489 e. The van der Waals surface area contributed by atoms with Crippen LogP contribution in [0.5, 0.6) is 5.75 Å². The molecule has 0 unspecified atom stereocenters. The van der Waals surface area contributed by atoms with Gasteiger partial charge in [0.15, 0.2) is 9.84 Å². The summed E-state index contributed by atoms with van der Waals surface area (Å²) in [5.74, 6) is 0.730. The summed E-state index contributed by atoms with van der Waals surface area (Å²) >= 11 is 3.38. The Bertz CT molecular complexity index is 600. The summed E-state index contributed by atoms with van der Waals surface area (Å²) in [6.45, 7) is 3.48. The lowest BCUT2D eigenvalue weighted by Gasteiger charge is -2.33. The monoisotopic (exact) mass is 376 g/mol. The van der Waals surface area contributed by atoms with Gasteiger partial charge in [-0.05, 0) is 66.7 Å². The standard InChI is InChI=1S/C15H21BrO4S/c1-3-21(18,19)12-4-5-14(13(16)10-12)20-11-6-8-15(2,17)9-7-11/h4-5,10-11,17H,3,6-9H2,1-2H3/t11-,15+. The van der Waals surface area contributed by atoms with Crippen LogP contribution in [-0.2, 0) is 9.84 Å². The van der Waals surface area contributed by atoms with E-state index in [9.17, 15) is 13.5 Å². The summed E-state index contributed by atoms with van der Waals surface area (Å²) in [7, 11) is -3.20. The fourth-order valence-corrected chi connectivity index (χ4v) is 3.98. The zero-order chi connectivity index (χ0) is 15.7. The van der Waals surface area contributed by atoms with Crippen molar-refractivity contribution in [3.63, 3.8) is 0 Å². The first-order chi connectivity index (χ1) is 9.73. The molecule has 0 radical (unpaired) electrons. The maximum atomic E-state index is 11.8. The first kappa shape index (κ1) is 16.8. The molecule has 2 rings (SSSR count). The van der Waals surface area contributed by atoms with Gasteiger partial charge in [0.2, 0.25) is 0 Å². The first-order valence-electron chi connectivity index (χ1n) is 7.15. The quantitative estimate of drug-likeness (QED) is 0.875. The second-order valence-electron chi connectivity index (χ2n) is 5.81. The van der Waals surface area contributed by atoms with E-state index in [1.54, 1.807) is 25.1 Å². The van der Waals surface area contributed by atoms with Crippen molar-refractivity contribution in [2.75, 3.05) is 5.75 Å². The second-order valence-corrected chi connectivity index (χ2v) is 8.94. The van der Waals surface area contributed by atoms with Crippen LogP contribution in [0.3, 0.4) is 0 Å². The molecule has 0 spiro atoms. The minimum atomic E-state index is -3.20. The van der Waals surface area contributed by atoms with Crippen molar-refractivity contribution in [1.82, 2.24) is 0 Å². The third-order valence-electron chi connectivity index (χ3n) is 3.95. The molecular formula is C15H21BrO4S. The van der Waals surface area contributed by atoms with Gasteiger partial charge in [0.05, 0.1) is 26.8 Å². The van der Waals surface area contributed by atoms with E-state index in [0.29, 0.717) is 15.1 Å². The number of ether oxygens (including phenoxy) is 1. The van der Waals surface area contributed by atoms with Crippen LogP contribution in [0, 0.1) is 0 Å². The molecule has 1 saturated carbocycles. The number of halogens is 1. The summed E-state index contributed by atoms with van der Waals surface area (Å²) in [5.41, 5.74) is -0.587. The molecule has 1 aliphatic carbocycles. The maximum absolute atomic E-state index is 11.8. The van der Waals surface area contributed by atoms with Crippen LogP contribution < -0.4 is 4.74 Å². The Hall–Kier alpha value is -0.590. The third-order valence-corrected chi connectivity index (χ3v) is 6.30.